The van der Waals surface area contributed by atoms with Gasteiger partial charge in [-0.3, -0.25) is 20.2 Å². The molecule has 0 bridgehead atoms. The predicted octanol–water partition coefficient (Wildman–Crippen LogP) is 3.35. The number of hydrogen-bond acceptors (Lipinski definition) is 6. The zero-order chi connectivity index (χ0) is 16.7. The number of nitrogens with zero attached hydrogens (tertiary/aromatic N) is 2. The van der Waals surface area contributed by atoms with Crippen molar-refractivity contribution in [3.63, 3.8) is 0 Å². The topological polar surface area (TPSA) is 105 Å². The molecule has 2 aromatic carbocycles. The molecule has 0 saturated heterocycles. The molecule has 8 heteroatoms. The van der Waals surface area contributed by atoms with E-state index in [1.54, 1.807) is 24.3 Å². The summed E-state index contributed by atoms with van der Waals surface area (Å²) >= 11 is 0. The zero-order valence-corrected chi connectivity index (χ0v) is 12.1. The molecule has 0 spiro atoms. The van der Waals surface area contributed by atoms with E-state index in [1.165, 1.54) is 24.3 Å². The minimum atomic E-state index is -0.515. The van der Waals surface area contributed by atoms with Crippen LogP contribution in [0.1, 0.15) is 6.42 Å². The Kier molecular flexibility index (Phi) is 5.45. The van der Waals surface area contributed by atoms with E-state index in [-0.39, 0.29) is 36.1 Å². The van der Waals surface area contributed by atoms with Gasteiger partial charge in [0.1, 0.15) is 0 Å². The van der Waals surface area contributed by atoms with E-state index < -0.39 is 9.85 Å². The minimum Gasteiger partial charge on any atom is -0.487 e. The highest BCUT2D eigenvalue weighted by Gasteiger charge is 2.14. The molecule has 0 radical (unpaired) electrons. The van der Waals surface area contributed by atoms with Gasteiger partial charge in [0.15, 0.2) is 11.5 Å². The predicted molar refractivity (Wildman–Crippen MR) is 81.8 cm³/mol. The number of ether oxygens (including phenoxy) is 2. The molecule has 0 atom stereocenters. The second-order valence-corrected chi connectivity index (χ2v) is 4.50. The van der Waals surface area contributed by atoms with Crippen LogP contribution in [-0.4, -0.2) is 23.1 Å². The summed E-state index contributed by atoms with van der Waals surface area (Å²) in [5, 5.41) is 21.7. The van der Waals surface area contributed by atoms with Crippen LogP contribution in [0.3, 0.4) is 0 Å². The first kappa shape index (κ1) is 16.2. The van der Waals surface area contributed by atoms with Crippen molar-refractivity contribution in [2.24, 2.45) is 0 Å². The molecule has 120 valence electrons. The molecule has 0 aromatic heterocycles. The summed E-state index contributed by atoms with van der Waals surface area (Å²) in [4.78, 5) is 20.6. The highest BCUT2D eigenvalue weighted by atomic mass is 16.6. The molecule has 8 nitrogen and oxygen atoms in total. The van der Waals surface area contributed by atoms with Crippen LogP contribution in [-0.2, 0) is 0 Å². The number of para-hydroxylation sites is 4. The highest BCUT2D eigenvalue weighted by molar-refractivity contribution is 5.46. The van der Waals surface area contributed by atoms with Gasteiger partial charge in [0.2, 0.25) is 0 Å². The molecule has 0 aliphatic rings. The second kappa shape index (κ2) is 7.74. The smallest absolute Gasteiger partial charge is 0.310 e. The van der Waals surface area contributed by atoms with Gasteiger partial charge in [0.05, 0.1) is 23.1 Å². The Balaban J connectivity index is 1.83. The Morgan fingerprint density at radius 2 is 1.13 bits per heavy atom. The van der Waals surface area contributed by atoms with Gasteiger partial charge in [-0.1, -0.05) is 24.3 Å². The molecule has 0 saturated carbocycles. The largest absolute Gasteiger partial charge is 0.487 e. The summed E-state index contributed by atoms with van der Waals surface area (Å²) in [6.07, 6.45) is 0.429. The fraction of sp³-hybridized carbons (Fsp3) is 0.200. The van der Waals surface area contributed by atoms with Crippen molar-refractivity contribution in [1.82, 2.24) is 0 Å². The van der Waals surface area contributed by atoms with Crippen LogP contribution < -0.4 is 9.47 Å². The van der Waals surface area contributed by atoms with Crippen LogP contribution in [0.25, 0.3) is 0 Å². The fourth-order valence-corrected chi connectivity index (χ4v) is 1.88. The molecule has 2 aromatic rings. The molecule has 0 unspecified atom stereocenters. The maximum Gasteiger partial charge on any atom is 0.310 e. The highest BCUT2D eigenvalue weighted by Crippen LogP contribution is 2.27. The lowest BCUT2D eigenvalue weighted by molar-refractivity contribution is -0.385. The van der Waals surface area contributed by atoms with Crippen molar-refractivity contribution >= 4 is 11.4 Å². The average molecular weight is 318 g/mol. The lowest BCUT2D eigenvalue weighted by Crippen LogP contribution is -2.07. The summed E-state index contributed by atoms with van der Waals surface area (Å²) in [6, 6.07) is 12.2. The molecule has 2 rings (SSSR count). The van der Waals surface area contributed by atoms with Crippen molar-refractivity contribution in [2.45, 2.75) is 6.42 Å². The summed E-state index contributed by atoms with van der Waals surface area (Å²) in [5.41, 5.74) is -0.209. The van der Waals surface area contributed by atoms with Crippen molar-refractivity contribution in [3.8, 4) is 11.5 Å². The first-order valence-electron chi connectivity index (χ1n) is 6.82. The first-order valence-corrected chi connectivity index (χ1v) is 6.82. The summed E-state index contributed by atoms with van der Waals surface area (Å²) in [6.45, 7) is 0.400. The van der Waals surface area contributed by atoms with Crippen LogP contribution >= 0.6 is 0 Å². The third-order valence-corrected chi connectivity index (χ3v) is 2.93. The molecule has 0 fully saturated rings. The van der Waals surface area contributed by atoms with Gasteiger partial charge in [0, 0.05) is 18.6 Å². The van der Waals surface area contributed by atoms with Crippen LogP contribution in [0.15, 0.2) is 48.5 Å². The summed E-state index contributed by atoms with van der Waals surface area (Å²) in [5.74, 6) is 0.367. The van der Waals surface area contributed by atoms with Crippen molar-refractivity contribution in [1.29, 1.82) is 0 Å². The monoisotopic (exact) mass is 318 g/mol. The van der Waals surface area contributed by atoms with E-state index in [1.807, 2.05) is 0 Å². The van der Waals surface area contributed by atoms with Gasteiger partial charge in [-0.15, -0.1) is 0 Å². The van der Waals surface area contributed by atoms with E-state index in [9.17, 15) is 20.2 Å². The Morgan fingerprint density at radius 3 is 1.52 bits per heavy atom. The van der Waals surface area contributed by atoms with Gasteiger partial charge < -0.3 is 9.47 Å². The van der Waals surface area contributed by atoms with E-state index in [4.69, 9.17) is 9.47 Å². The number of hydrogen-bond donors (Lipinski definition) is 0. The Bertz CT molecular complexity index is 644. The molecular formula is C15H14N2O6. The summed E-state index contributed by atoms with van der Waals surface area (Å²) in [7, 11) is 0. The molecule has 0 amide bonds. The molecule has 0 N–H and O–H groups in total. The van der Waals surface area contributed by atoms with Crippen LogP contribution in [0, 0.1) is 20.2 Å². The van der Waals surface area contributed by atoms with E-state index in [0.29, 0.717) is 6.42 Å². The third-order valence-electron chi connectivity index (χ3n) is 2.93. The minimum absolute atomic E-state index is 0.105. The first-order chi connectivity index (χ1) is 11.1. The Hall–Kier alpha value is -3.16. The Labute approximate surface area is 131 Å². The van der Waals surface area contributed by atoms with Crippen molar-refractivity contribution in [3.05, 3.63) is 68.8 Å². The van der Waals surface area contributed by atoms with Crippen molar-refractivity contribution in [2.75, 3.05) is 13.2 Å². The maximum absolute atomic E-state index is 10.8. The van der Waals surface area contributed by atoms with Gasteiger partial charge in [-0.2, -0.15) is 0 Å². The molecule has 0 aliphatic carbocycles. The van der Waals surface area contributed by atoms with Gasteiger partial charge >= 0.3 is 11.4 Å². The maximum atomic E-state index is 10.8. The van der Waals surface area contributed by atoms with Gasteiger partial charge in [-0.25, -0.2) is 0 Å². The molecule has 0 heterocycles. The second-order valence-electron chi connectivity index (χ2n) is 4.50. The lowest BCUT2D eigenvalue weighted by Gasteiger charge is -2.08. The molecule has 23 heavy (non-hydrogen) atoms. The van der Waals surface area contributed by atoms with Crippen molar-refractivity contribution < 1.29 is 19.3 Å². The number of benzene rings is 2. The SMILES string of the molecule is O=[N+]([O-])c1ccccc1OCCCOc1ccccc1[N+](=O)[O-]. The molecule has 0 aliphatic heterocycles. The summed E-state index contributed by atoms with van der Waals surface area (Å²) < 4.78 is 10.7. The Morgan fingerprint density at radius 1 is 0.739 bits per heavy atom. The number of rotatable bonds is 8. The third kappa shape index (κ3) is 4.40. The van der Waals surface area contributed by atoms with Gasteiger partial charge in [0.25, 0.3) is 0 Å². The van der Waals surface area contributed by atoms with E-state index in [0.717, 1.165) is 0 Å². The van der Waals surface area contributed by atoms with E-state index in [2.05, 4.69) is 0 Å². The zero-order valence-electron chi connectivity index (χ0n) is 12.1. The molecular weight excluding hydrogens is 304 g/mol. The standard InChI is InChI=1S/C15H14N2O6/c18-16(19)12-6-1-3-8-14(12)22-10-5-11-23-15-9-4-2-7-13(15)17(20)21/h1-4,6-9H,5,10-11H2. The van der Waals surface area contributed by atoms with Crippen LogP contribution in [0.2, 0.25) is 0 Å². The fourth-order valence-electron chi connectivity index (χ4n) is 1.88. The number of nitro groups is 2. The van der Waals surface area contributed by atoms with E-state index >= 15 is 0 Å². The van der Waals surface area contributed by atoms with Crippen LogP contribution in [0.4, 0.5) is 11.4 Å². The quantitative estimate of drug-likeness (QED) is 0.420. The number of nitro benzene ring substituents is 2. The van der Waals surface area contributed by atoms with Gasteiger partial charge in [-0.05, 0) is 12.1 Å². The normalized spacial score (nSPS) is 10.1. The lowest BCUT2D eigenvalue weighted by atomic mass is 10.3. The average Bonchev–Trinajstić information content (AvgIpc) is 2.55. The van der Waals surface area contributed by atoms with Crippen LogP contribution in [0.5, 0.6) is 11.5 Å².